The minimum Gasteiger partial charge on any atom is -1.00 e. The Morgan fingerprint density at radius 3 is 1.62 bits per heavy atom. The van der Waals surface area contributed by atoms with Crippen molar-refractivity contribution >= 4 is 10.1 Å². The number of alkyl halides is 2. The van der Waals surface area contributed by atoms with Gasteiger partial charge < -0.3 is 1.43 Å². The standard InChI is InChI=1S/CH2F2O3S.Li.H/c2-1(3)7(4,5)6;;/h1H,(H,4,5,6);;/q;+1;-1. The molecule has 0 radical (unpaired) electrons. The summed E-state index contributed by atoms with van der Waals surface area (Å²) in [4.78, 5) is 0. The maximum absolute atomic E-state index is 10.7. The van der Waals surface area contributed by atoms with Crippen LogP contribution in [-0.2, 0) is 10.1 Å². The Morgan fingerprint density at radius 1 is 1.50 bits per heavy atom. The predicted molar refractivity (Wildman–Crippen MR) is 18.7 cm³/mol. The van der Waals surface area contributed by atoms with E-state index in [0.717, 1.165) is 0 Å². The molecule has 0 aliphatic rings. The Morgan fingerprint density at radius 2 is 1.62 bits per heavy atom. The third-order valence-corrected chi connectivity index (χ3v) is 0.675. The summed E-state index contributed by atoms with van der Waals surface area (Å²) in [7, 11) is -5.07. The van der Waals surface area contributed by atoms with Crippen LogP contribution in [0, 0.1) is 0 Å². The van der Waals surface area contributed by atoms with Crippen LogP contribution < -0.4 is 18.9 Å². The zero-order valence-electron chi connectivity index (χ0n) is 5.01. The minimum absolute atomic E-state index is 0. The molecule has 0 aromatic carbocycles. The van der Waals surface area contributed by atoms with Gasteiger partial charge in [0, 0.05) is 0 Å². The molecule has 0 unspecified atom stereocenters. The third-order valence-electron chi connectivity index (χ3n) is 0.225. The molecule has 0 fully saturated rings. The Bertz CT molecular complexity index is 144. The van der Waals surface area contributed by atoms with Gasteiger partial charge in [-0.1, -0.05) is 0 Å². The summed E-state index contributed by atoms with van der Waals surface area (Å²) < 4.78 is 47.0. The number of hydrogen-bond acceptors (Lipinski definition) is 2. The van der Waals surface area contributed by atoms with Crippen molar-refractivity contribution in [2.75, 3.05) is 0 Å². The van der Waals surface area contributed by atoms with E-state index in [1.807, 2.05) is 0 Å². The van der Waals surface area contributed by atoms with Crippen LogP contribution in [0.25, 0.3) is 0 Å². The SMILES string of the molecule is O=S(=O)(O)C(F)F.[H-].[Li+]. The molecule has 0 saturated carbocycles. The molecule has 0 atom stereocenters. The molecule has 0 amide bonds. The molecular weight excluding hydrogens is 137 g/mol. The Hall–Kier alpha value is 0.367. The van der Waals surface area contributed by atoms with Crippen LogP contribution in [0.3, 0.4) is 0 Å². The smallest absolute Gasteiger partial charge is 1.00 e. The van der Waals surface area contributed by atoms with Gasteiger partial charge in [0.25, 0.3) is 0 Å². The van der Waals surface area contributed by atoms with Crippen LogP contribution >= 0.6 is 0 Å². The fourth-order valence-corrected chi connectivity index (χ4v) is 0. The molecule has 7 heteroatoms. The molecular formula is CH3F2LiO3S. The fourth-order valence-electron chi connectivity index (χ4n) is 0. The molecule has 0 aromatic heterocycles. The van der Waals surface area contributed by atoms with Crippen LogP contribution in [0.1, 0.15) is 1.43 Å². The summed E-state index contributed by atoms with van der Waals surface area (Å²) in [6.45, 7) is 0. The summed E-state index contributed by atoms with van der Waals surface area (Å²) in [6, 6.07) is 0. The minimum atomic E-state index is -5.07. The molecule has 0 spiro atoms. The van der Waals surface area contributed by atoms with Gasteiger partial charge in [-0.05, 0) is 0 Å². The van der Waals surface area contributed by atoms with Gasteiger partial charge in [0.15, 0.2) is 0 Å². The molecule has 0 rings (SSSR count). The molecule has 0 aliphatic heterocycles. The first-order chi connectivity index (χ1) is 2.94. The van der Waals surface area contributed by atoms with Gasteiger partial charge >= 0.3 is 34.7 Å². The summed E-state index contributed by atoms with van der Waals surface area (Å²) in [5, 5.41) is 0. The molecule has 0 aliphatic carbocycles. The van der Waals surface area contributed by atoms with Crippen LogP contribution in [0.15, 0.2) is 0 Å². The average Bonchev–Trinajstić information content (AvgIpc) is 1.31. The van der Waals surface area contributed by atoms with E-state index in [1.54, 1.807) is 0 Å². The van der Waals surface area contributed by atoms with Crippen molar-refractivity contribution in [3.05, 3.63) is 0 Å². The molecule has 1 N–H and O–H groups in total. The monoisotopic (exact) mass is 140 g/mol. The molecule has 3 nitrogen and oxygen atoms in total. The molecule has 0 saturated heterocycles. The summed E-state index contributed by atoms with van der Waals surface area (Å²) in [5.41, 5.74) is 0. The van der Waals surface area contributed by atoms with Crippen LogP contribution in [0.2, 0.25) is 0 Å². The van der Waals surface area contributed by atoms with E-state index in [-0.39, 0.29) is 20.3 Å². The molecule has 8 heavy (non-hydrogen) atoms. The van der Waals surface area contributed by atoms with Gasteiger partial charge in [0.2, 0.25) is 0 Å². The maximum atomic E-state index is 10.7. The molecule has 0 bridgehead atoms. The van der Waals surface area contributed by atoms with Crippen molar-refractivity contribution < 1.29 is 42.0 Å². The normalized spacial score (nSPS) is 11.0. The fraction of sp³-hybridized carbons (Fsp3) is 1.00. The number of hydrogen-bond donors (Lipinski definition) is 1. The molecule has 0 aromatic rings. The zero-order valence-corrected chi connectivity index (χ0v) is 4.82. The summed E-state index contributed by atoms with van der Waals surface area (Å²) in [5.74, 6) is -3.67. The maximum Gasteiger partial charge on any atom is 1.00 e. The first-order valence-electron chi connectivity index (χ1n) is 1.19. The Kier molecular flexibility index (Phi) is 4.77. The summed E-state index contributed by atoms with van der Waals surface area (Å²) in [6.07, 6.45) is 0. The van der Waals surface area contributed by atoms with E-state index < -0.39 is 15.9 Å². The van der Waals surface area contributed by atoms with Gasteiger partial charge in [0.05, 0.1) is 0 Å². The first kappa shape index (κ1) is 11.2. The van der Waals surface area contributed by atoms with E-state index in [0.29, 0.717) is 0 Å². The van der Waals surface area contributed by atoms with Gasteiger partial charge in [-0.15, -0.1) is 0 Å². The van der Waals surface area contributed by atoms with Crippen molar-refractivity contribution in [1.82, 2.24) is 0 Å². The molecule has 0 heterocycles. The summed E-state index contributed by atoms with van der Waals surface area (Å²) >= 11 is 0. The van der Waals surface area contributed by atoms with Crippen LogP contribution in [0.5, 0.6) is 0 Å². The van der Waals surface area contributed by atoms with E-state index in [4.69, 9.17) is 13.0 Å². The second-order valence-electron chi connectivity index (χ2n) is 0.776. The van der Waals surface area contributed by atoms with Gasteiger partial charge in [-0.2, -0.15) is 17.2 Å². The van der Waals surface area contributed by atoms with Gasteiger partial charge in [-0.3, -0.25) is 4.55 Å². The van der Waals surface area contributed by atoms with Gasteiger partial charge in [0.1, 0.15) is 0 Å². The van der Waals surface area contributed by atoms with E-state index in [2.05, 4.69) is 0 Å². The molecule has 46 valence electrons. The largest absolute Gasteiger partial charge is 1.00 e. The van der Waals surface area contributed by atoms with Crippen molar-refractivity contribution in [2.45, 2.75) is 5.76 Å². The third kappa shape index (κ3) is 4.52. The van der Waals surface area contributed by atoms with Crippen molar-refractivity contribution in [3.8, 4) is 0 Å². The van der Waals surface area contributed by atoms with E-state index >= 15 is 0 Å². The van der Waals surface area contributed by atoms with Crippen LogP contribution in [0.4, 0.5) is 8.78 Å². The second-order valence-corrected chi connectivity index (χ2v) is 2.16. The number of rotatable bonds is 1. The Labute approximate surface area is 58.5 Å². The predicted octanol–water partition coefficient (Wildman–Crippen LogP) is -2.79. The van der Waals surface area contributed by atoms with Crippen molar-refractivity contribution in [1.29, 1.82) is 0 Å². The topological polar surface area (TPSA) is 54.4 Å². The second kappa shape index (κ2) is 3.40. The number of halogens is 2. The first-order valence-corrected chi connectivity index (χ1v) is 2.69. The Balaban J connectivity index is -0.000000180. The van der Waals surface area contributed by atoms with E-state index in [9.17, 15) is 8.78 Å². The van der Waals surface area contributed by atoms with E-state index in [1.165, 1.54) is 0 Å². The quantitative estimate of drug-likeness (QED) is 0.316. The van der Waals surface area contributed by atoms with Crippen LogP contribution in [-0.4, -0.2) is 18.7 Å². The average molecular weight is 140 g/mol. The zero-order chi connectivity index (χ0) is 6.08. The van der Waals surface area contributed by atoms with Crippen molar-refractivity contribution in [3.63, 3.8) is 0 Å². The van der Waals surface area contributed by atoms with Gasteiger partial charge in [-0.25, -0.2) is 0 Å². The van der Waals surface area contributed by atoms with Crippen molar-refractivity contribution in [2.24, 2.45) is 0 Å².